The maximum Gasteiger partial charge on any atom is 0.0937 e. The maximum absolute atomic E-state index is 6.39. The van der Waals surface area contributed by atoms with Crippen LogP contribution in [0.3, 0.4) is 0 Å². The standard InChI is InChI=1S/C16H23ClN4/c1-4-7-19-15(14-10-12(3)6-8-18-14)16-13(17)11-20-21(16)9-5-2/h6,8,10-11,15,19H,4-5,7,9H2,1-3H3. The van der Waals surface area contributed by atoms with E-state index in [1.165, 1.54) is 5.56 Å². The largest absolute Gasteiger partial charge is 0.304 e. The van der Waals surface area contributed by atoms with Crippen molar-refractivity contribution in [1.29, 1.82) is 0 Å². The zero-order chi connectivity index (χ0) is 15.2. The quantitative estimate of drug-likeness (QED) is 0.847. The average Bonchev–Trinajstić information content (AvgIpc) is 2.82. The topological polar surface area (TPSA) is 42.7 Å². The first-order valence-corrected chi connectivity index (χ1v) is 7.92. The Morgan fingerprint density at radius 3 is 2.81 bits per heavy atom. The Labute approximate surface area is 131 Å². The summed E-state index contributed by atoms with van der Waals surface area (Å²) in [5.74, 6) is 0. The summed E-state index contributed by atoms with van der Waals surface area (Å²) in [6, 6.07) is 4.09. The summed E-state index contributed by atoms with van der Waals surface area (Å²) in [7, 11) is 0. The summed E-state index contributed by atoms with van der Waals surface area (Å²) in [5.41, 5.74) is 3.19. The van der Waals surface area contributed by atoms with Crippen molar-refractivity contribution in [3.63, 3.8) is 0 Å². The van der Waals surface area contributed by atoms with Gasteiger partial charge in [-0.1, -0.05) is 25.4 Å². The smallest absolute Gasteiger partial charge is 0.0937 e. The lowest BCUT2D eigenvalue weighted by atomic mass is 10.1. The molecule has 2 aromatic rings. The van der Waals surface area contributed by atoms with E-state index in [1.54, 1.807) is 6.20 Å². The van der Waals surface area contributed by atoms with Crippen LogP contribution in [0.4, 0.5) is 0 Å². The fourth-order valence-electron chi connectivity index (χ4n) is 2.40. The predicted molar refractivity (Wildman–Crippen MR) is 86.6 cm³/mol. The van der Waals surface area contributed by atoms with Gasteiger partial charge in [-0.3, -0.25) is 9.67 Å². The summed E-state index contributed by atoms with van der Waals surface area (Å²) in [4.78, 5) is 4.53. The van der Waals surface area contributed by atoms with Crippen molar-refractivity contribution in [2.75, 3.05) is 6.54 Å². The number of halogens is 1. The number of nitrogens with one attached hydrogen (secondary N) is 1. The van der Waals surface area contributed by atoms with Crippen LogP contribution in [0.1, 0.15) is 49.7 Å². The molecule has 0 amide bonds. The highest BCUT2D eigenvalue weighted by atomic mass is 35.5. The van der Waals surface area contributed by atoms with E-state index in [4.69, 9.17) is 11.6 Å². The molecule has 0 saturated carbocycles. The predicted octanol–water partition coefficient (Wildman–Crippen LogP) is 3.74. The van der Waals surface area contributed by atoms with Crippen molar-refractivity contribution in [3.05, 3.63) is 46.5 Å². The van der Waals surface area contributed by atoms with E-state index < -0.39 is 0 Å². The molecule has 5 heteroatoms. The minimum Gasteiger partial charge on any atom is -0.304 e. The second kappa shape index (κ2) is 7.57. The second-order valence-corrected chi connectivity index (χ2v) is 5.65. The van der Waals surface area contributed by atoms with E-state index in [0.717, 1.165) is 37.3 Å². The molecular formula is C16H23ClN4. The Bertz CT molecular complexity index is 579. The molecule has 0 saturated heterocycles. The zero-order valence-corrected chi connectivity index (χ0v) is 13.7. The molecule has 0 aliphatic heterocycles. The molecule has 2 heterocycles. The van der Waals surface area contributed by atoms with Gasteiger partial charge in [-0.25, -0.2) is 0 Å². The molecule has 0 radical (unpaired) electrons. The van der Waals surface area contributed by atoms with E-state index >= 15 is 0 Å². The van der Waals surface area contributed by atoms with E-state index in [9.17, 15) is 0 Å². The van der Waals surface area contributed by atoms with Crippen molar-refractivity contribution in [3.8, 4) is 0 Å². The third-order valence-electron chi connectivity index (χ3n) is 3.37. The summed E-state index contributed by atoms with van der Waals surface area (Å²) >= 11 is 6.39. The molecule has 1 unspecified atom stereocenters. The lowest BCUT2D eigenvalue weighted by molar-refractivity contribution is 0.505. The molecule has 0 aromatic carbocycles. The number of aryl methyl sites for hydroxylation is 2. The molecule has 2 rings (SSSR count). The lowest BCUT2D eigenvalue weighted by Crippen LogP contribution is -2.27. The first-order chi connectivity index (χ1) is 10.2. The molecule has 1 atom stereocenters. The molecule has 0 aliphatic carbocycles. The molecule has 0 spiro atoms. The van der Waals surface area contributed by atoms with Gasteiger partial charge in [0.05, 0.1) is 28.6 Å². The van der Waals surface area contributed by atoms with Gasteiger partial charge >= 0.3 is 0 Å². The average molecular weight is 307 g/mol. The van der Waals surface area contributed by atoms with Gasteiger partial charge in [0.15, 0.2) is 0 Å². The molecule has 4 nitrogen and oxygen atoms in total. The fourth-order valence-corrected chi connectivity index (χ4v) is 2.65. The second-order valence-electron chi connectivity index (χ2n) is 5.25. The third kappa shape index (κ3) is 3.83. The Morgan fingerprint density at radius 1 is 1.33 bits per heavy atom. The molecule has 114 valence electrons. The van der Waals surface area contributed by atoms with Crippen LogP contribution >= 0.6 is 11.6 Å². The normalized spacial score (nSPS) is 12.6. The highest BCUT2D eigenvalue weighted by molar-refractivity contribution is 6.31. The van der Waals surface area contributed by atoms with Gasteiger partial charge in [0.1, 0.15) is 0 Å². The Morgan fingerprint density at radius 2 is 2.14 bits per heavy atom. The van der Waals surface area contributed by atoms with Crippen LogP contribution in [0.2, 0.25) is 5.02 Å². The van der Waals surface area contributed by atoms with Crippen molar-refractivity contribution < 1.29 is 0 Å². The first-order valence-electron chi connectivity index (χ1n) is 7.54. The number of nitrogens with zero attached hydrogens (tertiary/aromatic N) is 3. The SMILES string of the molecule is CCCNC(c1cc(C)ccn1)c1c(Cl)cnn1CCC. The van der Waals surface area contributed by atoms with Crippen molar-refractivity contribution in [1.82, 2.24) is 20.1 Å². The van der Waals surface area contributed by atoms with E-state index in [2.05, 4.69) is 42.2 Å². The number of rotatable bonds is 7. The van der Waals surface area contributed by atoms with Gasteiger partial charge in [0.25, 0.3) is 0 Å². The van der Waals surface area contributed by atoms with Crippen molar-refractivity contribution in [2.24, 2.45) is 0 Å². The van der Waals surface area contributed by atoms with Crippen molar-refractivity contribution >= 4 is 11.6 Å². The maximum atomic E-state index is 6.39. The van der Waals surface area contributed by atoms with Gasteiger partial charge in [-0.2, -0.15) is 5.10 Å². The summed E-state index contributed by atoms with van der Waals surface area (Å²) in [5, 5.41) is 8.64. The summed E-state index contributed by atoms with van der Waals surface area (Å²) < 4.78 is 1.99. The van der Waals surface area contributed by atoms with Gasteiger partial charge < -0.3 is 5.32 Å². The van der Waals surface area contributed by atoms with Crippen LogP contribution in [0, 0.1) is 6.92 Å². The molecule has 0 bridgehead atoms. The van der Waals surface area contributed by atoms with Crippen LogP contribution in [0.5, 0.6) is 0 Å². The van der Waals surface area contributed by atoms with E-state index in [-0.39, 0.29) is 6.04 Å². The van der Waals surface area contributed by atoms with Crippen molar-refractivity contribution in [2.45, 2.75) is 46.2 Å². The van der Waals surface area contributed by atoms with Crippen LogP contribution in [0.25, 0.3) is 0 Å². The highest BCUT2D eigenvalue weighted by Crippen LogP contribution is 2.28. The Balaban J connectivity index is 2.42. The van der Waals surface area contributed by atoms with E-state index in [0.29, 0.717) is 5.02 Å². The Kier molecular flexibility index (Phi) is 5.76. The molecule has 0 fully saturated rings. The van der Waals surface area contributed by atoms with Gasteiger partial charge in [-0.15, -0.1) is 0 Å². The minimum atomic E-state index is -0.0219. The zero-order valence-electron chi connectivity index (χ0n) is 12.9. The number of hydrogen-bond acceptors (Lipinski definition) is 3. The van der Waals surface area contributed by atoms with Crippen LogP contribution in [-0.2, 0) is 6.54 Å². The summed E-state index contributed by atoms with van der Waals surface area (Å²) in [6.45, 7) is 8.14. The van der Waals surface area contributed by atoms with E-state index in [1.807, 2.05) is 16.9 Å². The Hall–Kier alpha value is -1.39. The van der Waals surface area contributed by atoms with Gasteiger partial charge in [0, 0.05) is 12.7 Å². The molecule has 2 aromatic heterocycles. The van der Waals surface area contributed by atoms with Crippen LogP contribution in [0.15, 0.2) is 24.5 Å². The van der Waals surface area contributed by atoms with Crippen LogP contribution in [-0.4, -0.2) is 21.3 Å². The van der Waals surface area contributed by atoms with Gasteiger partial charge in [-0.05, 0) is 44.0 Å². The number of aromatic nitrogens is 3. The minimum absolute atomic E-state index is 0.0219. The summed E-state index contributed by atoms with van der Waals surface area (Å²) in [6.07, 6.45) is 5.65. The fraction of sp³-hybridized carbons (Fsp3) is 0.500. The lowest BCUT2D eigenvalue weighted by Gasteiger charge is -2.20. The third-order valence-corrected chi connectivity index (χ3v) is 3.66. The van der Waals surface area contributed by atoms with Crippen LogP contribution < -0.4 is 5.32 Å². The molecular weight excluding hydrogens is 284 g/mol. The number of hydrogen-bond donors (Lipinski definition) is 1. The monoisotopic (exact) mass is 306 g/mol. The molecule has 0 aliphatic rings. The molecule has 21 heavy (non-hydrogen) atoms. The molecule has 1 N–H and O–H groups in total. The van der Waals surface area contributed by atoms with Gasteiger partial charge in [0.2, 0.25) is 0 Å². The first kappa shape index (κ1) is 16.0. The number of pyridine rings is 1. The highest BCUT2D eigenvalue weighted by Gasteiger charge is 2.22.